The van der Waals surface area contributed by atoms with Crippen LogP contribution >= 0.6 is 23.1 Å². The second-order valence-corrected chi connectivity index (χ2v) is 6.33. The van der Waals surface area contributed by atoms with Crippen LogP contribution in [-0.2, 0) is 11.2 Å². The first-order valence-electron chi connectivity index (χ1n) is 5.88. The summed E-state index contributed by atoms with van der Waals surface area (Å²) in [6, 6.07) is 12.4. The lowest BCUT2D eigenvalue weighted by Crippen LogP contribution is -1.99. The van der Waals surface area contributed by atoms with Crippen LogP contribution < -0.4 is 0 Å². The third-order valence-electron chi connectivity index (χ3n) is 3.10. The van der Waals surface area contributed by atoms with E-state index in [1.807, 2.05) is 18.2 Å². The summed E-state index contributed by atoms with van der Waals surface area (Å²) >= 11 is 3.45. The highest BCUT2D eigenvalue weighted by Gasteiger charge is 2.08. The highest BCUT2D eigenvalue weighted by Crippen LogP contribution is 2.36. The van der Waals surface area contributed by atoms with Crippen LogP contribution in [0.4, 0.5) is 0 Å². The predicted molar refractivity (Wildman–Crippen MR) is 82.5 cm³/mol. The fourth-order valence-corrected chi connectivity index (χ4v) is 3.80. The van der Waals surface area contributed by atoms with Crippen molar-refractivity contribution in [2.75, 3.05) is 6.26 Å². The number of thiophene rings is 1. The normalized spacial score (nSPS) is 11.2. The summed E-state index contributed by atoms with van der Waals surface area (Å²) in [7, 11) is 0. The van der Waals surface area contributed by atoms with Gasteiger partial charge in [-0.05, 0) is 36.1 Å². The standard InChI is InChI=1S/C15H12O2S2/c1-18-10-3-5-13-12(8-10)11-4-2-9(7-15(16)17)6-14(11)19-13/h2-6,8H,7H2,1H3,(H,16,17). The fraction of sp³-hybridized carbons (Fsp3) is 0.133. The lowest BCUT2D eigenvalue weighted by atomic mass is 10.1. The molecule has 0 atom stereocenters. The topological polar surface area (TPSA) is 37.3 Å². The summed E-state index contributed by atoms with van der Waals surface area (Å²) in [6.07, 6.45) is 2.15. The van der Waals surface area contributed by atoms with E-state index in [1.54, 1.807) is 23.1 Å². The second-order valence-electron chi connectivity index (χ2n) is 4.37. The maximum atomic E-state index is 10.8. The molecule has 3 rings (SSSR count). The molecule has 0 saturated carbocycles. The van der Waals surface area contributed by atoms with Crippen LogP contribution in [-0.4, -0.2) is 17.3 Å². The molecule has 0 unspecified atom stereocenters. The predicted octanol–water partition coefficient (Wildman–Crippen LogP) is 4.40. The Labute approximate surface area is 119 Å². The number of hydrogen-bond acceptors (Lipinski definition) is 3. The summed E-state index contributed by atoms with van der Waals surface area (Å²) in [5.74, 6) is -0.787. The SMILES string of the molecule is CSc1ccc2sc3cc(CC(=O)O)ccc3c2c1. The van der Waals surface area contributed by atoms with Gasteiger partial charge in [-0.2, -0.15) is 0 Å². The van der Waals surface area contributed by atoms with Crippen LogP contribution in [0, 0.1) is 0 Å². The highest BCUT2D eigenvalue weighted by molar-refractivity contribution is 7.98. The summed E-state index contributed by atoms with van der Waals surface area (Å²) in [5.41, 5.74) is 0.858. The molecule has 2 nitrogen and oxygen atoms in total. The van der Waals surface area contributed by atoms with E-state index in [4.69, 9.17) is 5.11 Å². The Morgan fingerprint density at radius 2 is 2.00 bits per heavy atom. The molecule has 0 spiro atoms. The molecule has 0 fully saturated rings. The first-order valence-corrected chi connectivity index (χ1v) is 7.92. The van der Waals surface area contributed by atoms with Gasteiger partial charge in [-0.25, -0.2) is 0 Å². The smallest absolute Gasteiger partial charge is 0.307 e. The van der Waals surface area contributed by atoms with Crippen molar-refractivity contribution in [3.05, 3.63) is 42.0 Å². The van der Waals surface area contributed by atoms with E-state index < -0.39 is 5.97 Å². The van der Waals surface area contributed by atoms with E-state index in [-0.39, 0.29) is 6.42 Å². The number of aliphatic carboxylic acids is 1. The van der Waals surface area contributed by atoms with Gasteiger partial charge in [-0.3, -0.25) is 4.79 Å². The van der Waals surface area contributed by atoms with Crippen molar-refractivity contribution < 1.29 is 9.90 Å². The molecule has 2 aromatic carbocycles. The van der Waals surface area contributed by atoms with Gasteiger partial charge >= 0.3 is 5.97 Å². The molecular formula is C15H12O2S2. The zero-order valence-electron chi connectivity index (χ0n) is 10.3. The van der Waals surface area contributed by atoms with Crippen molar-refractivity contribution in [2.45, 2.75) is 11.3 Å². The number of benzene rings is 2. The molecule has 0 aliphatic heterocycles. The molecule has 1 aromatic heterocycles. The Bertz CT molecular complexity index is 774. The molecule has 3 aromatic rings. The number of fused-ring (bicyclic) bond motifs is 3. The van der Waals surface area contributed by atoms with Crippen LogP contribution in [0.2, 0.25) is 0 Å². The molecule has 0 saturated heterocycles. The van der Waals surface area contributed by atoms with Gasteiger partial charge in [0.1, 0.15) is 0 Å². The zero-order chi connectivity index (χ0) is 13.4. The third-order valence-corrected chi connectivity index (χ3v) is 4.96. The van der Waals surface area contributed by atoms with Crippen LogP contribution in [0.25, 0.3) is 20.2 Å². The highest BCUT2D eigenvalue weighted by atomic mass is 32.2. The van der Waals surface area contributed by atoms with Crippen molar-refractivity contribution in [3.63, 3.8) is 0 Å². The quantitative estimate of drug-likeness (QED) is 0.726. The number of carboxylic acid groups (broad SMARTS) is 1. The largest absolute Gasteiger partial charge is 0.481 e. The van der Waals surface area contributed by atoms with Crippen molar-refractivity contribution in [1.82, 2.24) is 0 Å². The Morgan fingerprint density at radius 3 is 2.74 bits per heavy atom. The van der Waals surface area contributed by atoms with Crippen molar-refractivity contribution in [3.8, 4) is 0 Å². The average Bonchev–Trinajstić information content (AvgIpc) is 2.74. The van der Waals surface area contributed by atoms with Crippen LogP contribution in [0.1, 0.15) is 5.56 Å². The lowest BCUT2D eigenvalue weighted by molar-refractivity contribution is -0.136. The van der Waals surface area contributed by atoms with Gasteiger partial charge in [0.25, 0.3) is 0 Å². The summed E-state index contributed by atoms with van der Waals surface area (Å²) in [5, 5.41) is 11.3. The Morgan fingerprint density at radius 1 is 1.16 bits per heavy atom. The van der Waals surface area contributed by atoms with Crippen molar-refractivity contribution >= 4 is 49.2 Å². The molecule has 1 N–H and O–H groups in total. The molecule has 0 bridgehead atoms. The second kappa shape index (κ2) is 4.87. The first kappa shape index (κ1) is 12.5. The molecule has 96 valence electrons. The van der Waals surface area contributed by atoms with Crippen LogP contribution in [0.5, 0.6) is 0 Å². The average molecular weight is 288 g/mol. The minimum atomic E-state index is -0.787. The van der Waals surface area contributed by atoms with Gasteiger partial charge in [0, 0.05) is 25.1 Å². The Balaban J connectivity index is 2.19. The number of hydrogen-bond donors (Lipinski definition) is 1. The number of carboxylic acids is 1. The van der Waals surface area contributed by atoms with Crippen molar-refractivity contribution in [1.29, 1.82) is 0 Å². The lowest BCUT2D eigenvalue weighted by Gasteiger charge is -1.98. The van der Waals surface area contributed by atoms with E-state index in [2.05, 4.69) is 24.5 Å². The van der Waals surface area contributed by atoms with Gasteiger partial charge in [-0.15, -0.1) is 23.1 Å². The van der Waals surface area contributed by atoms with E-state index in [0.29, 0.717) is 0 Å². The molecule has 4 heteroatoms. The number of rotatable bonds is 3. The molecule has 0 radical (unpaired) electrons. The van der Waals surface area contributed by atoms with Crippen LogP contribution in [0.15, 0.2) is 41.3 Å². The van der Waals surface area contributed by atoms with Gasteiger partial charge in [0.05, 0.1) is 6.42 Å². The number of thioether (sulfide) groups is 1. The Kier molecular flexibility index (Phi) is 3.21. The third kappa shape index (κ3) is 2.33. The molecule has 1 heterocycles. The van der Waals surface area contributed by atoms with Gasteiger partial charge in [0.2, 0.25) is 0 Å². The first-order chi connectivity index (χ1) is 9.17. The van der Waals surface area contributed by atoms with E-state index >= 15 is 0 Å². The maximum Gasteiger partial charge on any atom is 0.307 e. The van der Waals surface area contributed by atoms with Crippen molar-refractivity contribution in [2.24, 2.45) is 0 Å². The molecule has 0 aliphatic carbocycles. The zero-order valence-corrected chi connectivity index (χ0v) is 12.0. The summed E-state index contributed by atoms with van der Waals surface area (Å²) in [4.78, 5) is 12.0. The maximum absolute atomic E-state index is 10.8. The molecule has 0 amide bonds. The molecule has 0 aliphatic rings. The Hall–Kier alpha value is -1.52. The van der Waals surface area contributed by atoms with E-state index in [0.717, 1.165) is 10.3 Å². The monoisotopic (exact) mass is 288 g/mol. The minimum Gasteiger partial charge on any atom is -0.481 e. The fourth-order valence-electron chi connectivity index (χ4n) is 2.21. The minimum absolute atomic E-state index is 0.0836. The van der Waals surface area contributed by atoms with Crippen LogP contribution in [0.3, 0.4) is 0 Å². The molecule has 19 heavy (non-hydrogen) atoms. The molecular weight excluding hydrogens is 276 g/mol. The number of carbonyl (C=O) groups is 1. The van der Waals surface area contributed by atoms with Gasteiger partial charge < -0.3 is 5.11 Å². The van der Waals surface area contributed by atoms with Gasteiger partial charge in [-0.1, -0.05) is 12.1 Å². The van der Waals surface area contributed by atoms with Gasteiger partial charge in [0.15, 0.2) is 0 Å². The van der Waals surface area contributed by atoms with E-state index in [9.17, 15) is 4.79 Å². The van der Waals surface area contributed by atoms with E-state index in [1.165, 1.54) is 20.4 Å². The summed E-state index contributed by atoms with van der Waals surface area (Å²) < 4.78 is 2.41. The summed E-state index contributed by atoms with van der Waals surface area (Å²) in [6.45, 7) is 0.